The highest BCUT2D eigenvalue weighted by Gasteiger charge is 2.08. The van der Waals surface area contributed by atoms with Gasteiger partial charge in [0.05, 0.1) is 10.8 Å². The molecule has 4 nitrogen and oxygen atoms in total. The summed E-state index contributed by atoms with van der Waals surface area (Å²) < 4.78 is 12.1. The fourth-order valence-electron chi connectivity index (χ4n) is 1.83. The zero-order valence-corrected chi connectivity index (χ0v) is 12.7. The van der Waals surface area contributed by atoms with Crippen LogP contribution in [0.2, 0.25) is 0 Å². The zero-order chi connectivity index (χ0) is 15.2. The molecule has 2 rings (SSSR count). The van der Waals surface area contributed by atoms with Crippen LogP contribution in [-0.2, 0) is 15.6 Å². The molecule has 110 valence electrons. The number of amides is 1. The van der Waals surface area contributed by atoms with E-state index in [1.165, 1.54) is 0 Å². The number of hydrogen-bond donors (Lipinski definition) is 2. The Balaban J connectivity index is 1.86. The van der Waals surface area contributed by atoms with Crippen LogP contribution in [-0.4, -0.2) is 15.9 Å². The first-order chi connectivity index (χ1) is 10.0. The van der Waals surface area contributed by atoms with Crippen LogP contribution in [0.15, 0.2) is 53.4 Å². The Morgan fingerprint density at radius 3 is 2.57 bits per heavy atom. The average molecular weight is 302 g/mol. The molecule has 0 aliphatic rings. The Hall–Kier alpha value is -2.14. The standard InChI is InChI=1S/C16H18N2O2S/c1-12-5-7-15(8-6-12)21(20)10-9-16(19)18-14-4-2-3-13(17)11-14/h2-8,11H,9-10,17H2,1H3,(H,18,19). The van der Waals surface area contributed by atoms with Crippen LogP contribution < -0.4 is 11.1 Å². The zero-order valence-electron chi connectivity index (χ0n) is 11.8. The van der Waals surface area contributed by atoms with Crippen molar-refractivity contribution in [1.82, 2.24) is 0 Å². The molecule has 0 aromatic heterocycles. The summed E-state index contributed by atoms with van der Waals surface area (Å²) in [6.45, 7) is 1.98. The molecule has 1 amide bonds. The Kier molecular flexibility index (Phi) is 5.11. The van der Waals surface area contributed by atoms with Crippen molar-refractivity contribution in [2.75, 3.05) is 16.8 Å². The third-order valence-electron chi connectivity index (χ3n) is 2.97. The van der Waals surface area contributed by atoms with Gasteiger partial charge in [-0.3, -0.25) is 9.00 Å². The molecule has 1 atom stereocenters. The van der Waals surface area contributed by atoms with Gasteiger partial charge in [0.25, 0.3) is 0 Å². The molecule has 0 heterocycles. The smallest absolute Gasteiger partial charge is 0.225 e. The molecule has 0 aliphatic carbocycles. The highest BCUT2D eigenvalue weighted by atomic mass is 32.2. The maximum atomic E-state index is 12.1. The molecule has 21 heavy (non-hydrogen) atoms. The lowest BCUT2D eigenvalue weighted by Crippen LogP contribution is -2.15. The molecule has 2 aromatic carbocycles. The van der Waals surface area contributed by atoms with Crippen molar-refractivity contribution in [3.05, 3.63) is 54.1 Å². The number of nitrogens with two attached hydrogens (primary N) is 1. The minimum absolute atomic E-state index is 0.166. The summed E-state index contributed by atoms with van der Waals surface area (Å²) in [6.07, 6.45) is 0.204. The van der Waals surface area contributed by atoms with Crippen LogP contribution in [0.4, 0.5) is 11.4 Å². The van der Waals surface area contributed by atoms with Crippen LogP contribution in [0.1, 0.15) is 12.0 Å². The van der Waals surface area contributed by atoms with Gasteiger partial charge in [-0.1, -0.05) is 23.8 Å². The van der Waals surface area contributed by atoms with Crippen molar-refractivity contribution in [2.24, 2.45) is 0 Å². The van der Waals surface area contributed by atoms with Crippen molar-refractivity contribution in [1.29, 1.82) is 0 Å². The van der Waals surface area contributed by atoms with Crippen molar-refractivity contribution in [3.63, 3.8) is 0 Å². The van der Waals surface area contributed by atoms with Crippen LogP contribution in [0.25, 0.3) is 0 Å². The number of carbonyl (C=O) groups is 1. The van der Waals surface area contributed by atoms with E-state index in [0.717, 1.165) is 10.5 Å². The number of carbonyl (C=O) groups excluding carboxylic acids is 1. The first-order valence-corrected chi connectivity index (χ1v) is 7.97. The summed E-state index contributed by atoms with van der Waals surface area (Å²) >= 11 is 0. The first-order valence-electron chi connectivity index (χ1n) is 6.65. The summed E-state index contributed by atoms with van der Waals surface area (Å²) in [7, 11) is -1.16. The lowest BCUT2D eigenvalue weighted by molar-refractivity contribution is -0.115. The fourth-order valence-corrected chi connectivity index (χ4v) is 2.88. The van der Waals surface area contributed by atoms with Gasteiger partial charge in [-0.25, -0.2) is 0 Å². The van der Waals surface area contributed by atoms with E-state index in [2.05, 4.69) is 5.32 Å². The minimum Gasteiger partial charge on any atom is -0.399 e. The largest absolute Gasteiger partial charge is 0.399 e. The molecule has 5 heteroatoms. The molecule has 0 saturated heterocycles. The minimum atomic E-state index is -1.16. The summed E-state index contributed by atoms with van der Waals surface area (Å²) in [5.74, 6) is 0.137. The number of nitrogen functional groups attached to an aromatic ring is 1. The van der Waals surface area contributed by atoms with E-state index < -0.39 is 10.8 Å². The van der Waals surface area contributed by atoms with Crippen LogP contribution >= 0.6 is 0 Å². The second kappa shape index (κ2) is 7.04. The molecule has 2 aromatic rings. The lowest BCUT2D eigenvalue weighted by atomic mass is 10.2. The van der Waals surface area contributed by atoms with Gasteiger partial charge in [-0.15, -0.1) is 0 Å². The van der Waals surface area contributed by atoms with Gasteiger partial charge in [-0.2, -0.15) is 0 Å². The van der Waals surface area contributed by atoms with E-state index in [1.54, 1.807) is 24.3 Å². The molecule has 0 spiro atoms. The molecule has 0 bridgehead atoms. The van der Waals surface area contributed by atoms with Crippen molar-refractivity contribution >= 4 is 28.1 Å². The fraction of sp³-hybridized carbons (Fsp3) is 0.188. The molecular formula is C16H18N2O2S. The number of hydrogen-bond acceptors (Lipinski definition) is 3. The van der Waals surface area contributed by atoms with E-state index >= 15 is 0 Å². The first kappa shape index (κ1) is 15.3. The average Bonchev–Trinajstić information content (AvgIpc) is 2.45. The number of rotatable bonds is 5. The lowest BCUT2D eigenvalue weighted by Gasteiger charge is -2.06. The Morgan fingerprint density at radius 1 is 1.19 bits per heavy atom. The molecule has 0 fully saturated rings. The van der Waals surface area contributed by atoms with Gasteiger partial charge < -0.3 is 11.1 Å². The third kappa shape index (κ3) is 4.72. The summed E-state index contributed by atoms with van der Waals surface area (Å²) in [5.41, 5.74) is 8.01. The normalized spacial score (nSPS) is 11.9. The Morgan fingerprint density at radius 2 is 1.90 bits per heavy atom. The predicted molar refractivity (Wildman–Crippen MR) is 86.6 cm³/mol. The van der Waals surface area contributed by atoms with E-state index in [-0.39, 0.29) is 12.3 Å². The highest BCUT2D eigenvalue weighted by molar-refractivity contribution is 7.85. The van der Waals surface area contributed by atoms with E-state index in [0.29, 0.717) is 17.1 Å². The van der Waals surface area contributed by atoms with Crippen LogP contribution in [0.3, 0.4) is 0 Å². The topological polar surface area (TPSA) is 72.2 Å². The highest BCUT2D eigenvalue weighted by Crippen LogP contribution is 2.13. The molecule has 0 radical (unpaired) electrons. The Bertz CT molecular complexity index is 654. The molecule has 0 saturated carbocycles. The van der Waals surface area contributed by atoms with Gasteiger partial charge >= 0.3 is 0 Å². The van der Waals surface area contributed by atoms with Gasteiger partial charge in [0.1, 0.15) is 0 Å². The van der Waals surface area contributed by atoms with Crippen molar-refractivity contribution < 1.29 is 9.00 Å². The van der Waals surface area contributed by atoms with E-state index in [9.17, 15) is 9.00 Å². The van der Waals surface area contributed by atoms with Gasteiger partial charge in [0.15, 0.2) is 0 Å². The molecular weight excluding hydrogens is 284 g/mol. The van der Waals surface area contributed by atoms with Crippen LogP contribution in [0, 0.1) is 6.92 Å². The molecule has 0 aliphatic heterocycles. The van der Waals surface area contributed by atoms with Gasteiger partial charge in [-0.05, 0) is 37.3 Å². The van der Waals surface area contributed by atoms with Crippen LogP contribution in [0.5, 0.6) is 0 Å². The summed E-state index contributed by atoms with van der Waals surface area (Å²) in [5, 5.41) is 2.75. The Labute approximate surface area is 126 Å². The molecule has 1 unspecified atom stereocenters. The number of benzene rings is 2. The SMILES string of the molecule is Cc1ccc(S(=O)CCC(=O)Nc2cccc(N)c2)cc1. The second-order valence-electron chi connectivity index (χ2n) is 4.79. The van der Waals surface area contributed by atoms with Crippen molar-refractivity contribution in [3.8, 4) is 0 Å². The number of nitrogens with one attached hydrogen (secondary N) is 1. The van der Waals surface area contributed by atoms with E-state index in [1.807, 2.05) is 31.2 Å². The maximum absolute atomic E-state index is 12.1. The predicted octanol–water partition coefficient (Wildman–Crippen LogP) is 2.71. The maximum Gasteiger partial charge on any atom is 0.225 e. The number of anilines is 2. The summed E-state index contributed by atoms with van der Waals surface area (Å²) in [6, 6.07) is 14.5. The van der Waals surface area contributed by atoms with Gasteiger partial charge in [0.2, 0.25) is 5.91 Å². The third-order valence-corrected chi connectivity index (χ3v) is 4.34. The van der Waals surface area contributed by atoms with E-state index in [4.69, 9.17) is 5.73 Å². The van der Waals surface area contributed by atoms with Gasteiger partial charge in [0, 0.05) is 28.4 Å². The monoisotopic (exact) mass is 302 g/mol. The second-order valence-corrected chi connectivity index (χ2v) is 6.36. The number of aryl methyl sites for hydroxylation is 1. The molecule has 3 N–H and O–H groups in total. The quantitative estimate of drug-likeness (QED) is 0.834. The van der Waals surface area contributed by atoms with Crippen molar-refractivity contribution in [2.45, 2.75) is 18.2 Å². The summed E-state index contributed by atoms with van der Waals surface area (Å²) in [4.78, 5) is 12.6.